The molecule has 0 radical (unpaired) electrons. The Morgan fingerprint density at radius 2 is 1.54 bits per heavy atom. The lowest BCUT2D eigenvalue weighted by Crippen LogP contribution is -2.20. The third-order valence-electron chi connectivity index (χ3n) is 4.11. The summed E-state index contributed by atoms with van der Waals surface area (Å²) >= 11 is 0. The molecule has 1 amide bonds. The third-order valence-corrected chi connectivity index (χ3v) is 4.11. The summed E-state index contributed by atoms with van der Waals surface area (Å²) in [6.45, 7) is -0.0830. The average Bonchev–Trinajstić information content (AvgIpc) is 3.29. The maximum absolute atomic E-state index is 12.1. The van der Waals surface area contributed by atoms with E-state index in [1.54, 1.807) is 24.3 Å². The van der Waals surface area contributed by atoms with Gasteiger partial charge in [0.1, 0.15) is 5.75 Å². The molecule has 4 rings (SSSR count). The zero-order chi connectivity index (χ0) is 19.2. The smallest absolute Gasteiger partial charge is 0.262 e. The van der Waals surface area contributed by atoms with Gasteiger partial charge < -0.3 is 14.5 Å². The Balaban J connectivity index is 1.31. The molecule has 1 N–H and O–H groups in total. The second kappa shape index (κ2) is 8.18. The molecule has 0 saturated carbocycles. The summed E-state index contributed by atoms with van der Waals surface area (Å²) in [7, 11) is 0. The molecule has 0 bridgehead atoms. The van der Waals surface area contributed by atoms with Gasteiger partial charge in [-0.3, -0.25) is 4.79 Å². The van der Waals surface area contributed by atoms with Gasteiger partial charge in [-0.25, -0.2) is 0 Å². The Hall–Kier alpha value is -3.93. The van der Waals surface area contributed by atoms with Crippen LogP contribution in [0.1, 0.15) is 0 Å². The molecule has 1 heterocycles. The number of anilines is 1. The zero-order valence-corrected chi connectivity index (χ0v) is 14.9. The highest BCUT2D eigenvalue weighted by Crippen LogP contribution is 2.22. The molecule has 138 valence electrons. The van der Waals surface area contributed by atoms with Gasteiger partial charge >= 0.3 is 0 Å². The lowest BCUT2D eigenvalue weighted by atomic mass is 10.1. The SMILES string of the molecule is O=C(COc1ccc(-c2nnco2)cc1)Nc1ccc(-c2ccccc2)cc1. The number of carbonyl (C=O) groups excluding carboxylic acids is 1. The van der Waals surface area contributed by atoms with Crippen LogP contribution >= 0.6 is 0 Å². The van der Waals surface area contributed by atoms with E-state index in [1.165, 1.54) is 6.39 Å². The van der Waals surface area contributed by atoms with Crippen LogP contribution in [0.4, 0.5) is 5.69 Å². The van der Waals surface area contributed by atoms with Gasteiger partial charge in [-0.1, -0.05) is 42.5 Å². The minimum absolute atomic E-state index is 0.0830. The lowest BCUT2D eigenvalue weighted by molar-refractivity contribution is -0.118. The summed E-state index contributed by atoms with van der Waals surface area (Å²) in [5, 5.41) is 10.3. The zero-order valence-electron chi connectivity index (χ0n) is 14.9. The summed E-state index contributed by atoms with van der Waals surface area (Å²) in [4.78, 5) is 12.1. The number of hydrogen-bond acceptors (Lipinski definition) is 5. The van der Waals surface area contributed by atoms with E-state index in [-0.39, 0.29) is 12.5 Å². The van der Waals surface area contributed by atoms with Crippen molar-refractivity contribution in [2.24, 2.45) is 0 Å². The van der Waals surface area contributed by atoms with E-state index in [4.69, 9.17) is 9.15 Å². The molecule has 6 heteroatoms. The van der Waals surface area contributed by atoms with Crippen LogP contribution in [0.15, 0.2) is 89.7 Å². The van der Waals surface area contributed by atoms with Gasteiger partial charge in [-0.05, 0) is 47.5 Å². The van der Waals surface area contributed by atoms with Gasteiger partial charge in [0, 0.05) is 11.3 Å². The third kappa shape index (κ3) is 4.24. The number of aromatic nitrogens is 2. The molecule has 0 unspecified atom stereocenters. The fourth-order valence-electron chi connectivity index (χ4n) is 2.72. The summed E-state index contributed by atoms with van der Waals surface area (Å²) in [5.74, 6) is 0.787. The van der Waals surface area contributed by atoms with Crippen LogP contribution < -0.4 is 10.1 Å². The van der Waals surface area contributed by atoms with Crippen LogP contribution in [0.5, 0.6) is 5.75 Å². The predicted octanol–water partition coefficient (Wildman–Crippen LogP) is 4.42. The number of nitrogens with zero attached hydrogens (tertiary/aromatic N) is 2. The van der Waals surface area contributed by atoms with E-state index in [1.807, 2.05) is 54.6 Å². The van der Waals surface area contributed by atoms with Gasteiger partial charge in [0.05, 0.1) is 0 Å². The summed E-state index contributed by atoms with van der Waals surface area (Å²) < 4.78 is 10.7. The summed E-state index contributed by atoms with van der Waals surface area (Å²) in [6, 6.07) is 24.9. The molecule has 3 aromatic carbocycles. The number of amides is 1. The topological polar surface area (TPSA) is 77.2 Å². The van der Waals surface area contributed by atoms with Gasteiger partial charge in [0.2, 0.25) is 12.3 Å². The highest BCUT2D eigenvalue weighted by molar-refractivity contribution is 5.92. The van der Waals surface area contributed by atoms with Crippen molar-refractivity contribution in [1.29, 1.82) is 0 Å². The molecular weight excluding hydrogens is 354 g/mol. The van der Waals surface area contributed by atoms with Crippen molar-refractivity contribution in [2.75, 3.05) is 11.9 Å². The van der Waals surface area contributed by atoms with Crippen molar-refractivity contribution in [3.63, 3.8) is 0 Å². The monoisotopic (exact) mass is 371 g/mol. The largest absolute Gasteiger partial charge is 0.484 e. The molecule has 0 aliphatic heterocycles. The maximum Gasteiger partial charge on any atom is 0.262 e. The van der Waals surface area contributed by atoms with Crippen LogP contribution in [-0.2, 0) is 4.79 Å². The number of ether oxygens (including phenoxy) is 1. The summed E-state index contributed by atoms with van der Waals surface area (Å²) in [6.07, 6.45) is 1.27. The Bertz CT molecular complexity index is 1030. The Labute approximate surface area is 161 Å². The van der Waals surface area contributed by atoms with Crippen molar-refractivity contribution >= 4 is 11.6 Å². The van der Waals surface area contributed by atoms with Crippen LogP contribution in [0.25, 0.3) is 22.6 Å². The molecule has 0 atom stereocenters. The molecule has 1 aromatic heterocycles. The van der Waals surface area contributed by atoms with Gasteiger partial charge in [0.15, 0.2) is 6.61 Å². The fourth-order valence-corrected chi connectivity index (χ4v) is 2.72. The van der Waals surface area contributed by atoms with Crippen LogP contribution in [0, 0.1) is 0 Å². The number of hydrogen-bond donors (Lipinski definition) is 1. The second-order valence-electron chi connectivity index (χ2n) is 6.05. The van der Waals surface area contributed by atoms with Gasteiger partial charge in [0.25, 0.3) is 5.91 Å². The molecule has 0 fully saturated rings. The average molecular weight is 371 g/mol. The van der Waals surface area contributed by atoms with Crippen molar-refractivity contribution in [3.05, 3.63) is 85.3 Å². The van der Waals surface area contributed by atoms with Gasteiger partial charge in [-0.2, -0.15) is 0 Å². The fraction of sp³-hybridized carbons (Fsp3) is 0.0455. The molecule has 28 heavy (non-hydrogen) atoms. The molecule has 0 spiro atoms. The van der Waals surface area contributed by atoms with Crippen molar-refractivity contribution < 1.29 is 13.9 Å². The van der Waals surface area contributed by atoms with Gasteiger partial charge in [-0.15, -0.1) is 10.2 Å². The van der Waals surface area contributed by atoms with Crippen LogP contribution in [0.2, 0.25) is 0 Å². The first kappa shape index (κ1) is 17.5. The molecule has 0 aliphatic carbocycles. The van der Waals surface area contributed by atoms with E-state index in [0.717, 1.165) is 22.4 Å². The first-order valence-electron chi connectivity index (χ1n) is 8.73. The van der Waals surface area contributed by atoms with E-state index in [0.29, 0.717) is 11.6 Å². The second-order valence-corrected chi connectivity index (χ2v) is 6.05. The number of benzene rings is 3. The first-order chi connectivity index (χ1) is 13.8. The van der Waals surface area contributed by atoms with Crippen molar-refractivity contribution in [2.45, 2.75) is 0 Å². The minimum atomic E-state index is -0.228. The molecule has 0 saturated heterocycles. The molecule has 0 aliphatic rings. The quantitative estimate of drug-likeness (QED) is 0.543. The molecule has 4 aromatic rings. The summed E-state index contributed by atoms with van der Waals surface area (Å²) in [5.41, 5.74) is 3.73. The Kier molecular flexibility index (Phi) is 5.11. The highest BCUT2D eigenvalue weighted by atomic mass is 16.5. The van der Waals surface area contributed by atoms with E-state index < -0.39 is 0 Å². The van der Waals surface area contributed by atoms with Crippen LogP contribution in [-0.4, -0.2) is 22.7 Å². The van der Waals surface area contributed by atoms with E-state index >= 15 is 0 Å². The maximum atomic E-state index is 12.1. The standard InChI is InChI=1S/C22H17N3O3/c26-21(14-27-20-12-8-18(9-13-20)22-25-23-15-28-22)24-19-10-6-17(7-11-19)16-4-2-1-3-5-16/h1-13,15H,14H2,(H,24,26). The molecular formula is C22H17N3O3. The van der Waals surface area contributed by atoms with E-state index in [2.05, 4.69) is 15.5 Å². The Morgan fingerprint density at radius 1 is 0.857 bits per heavy atom. The van der Waals surface area contributed by atoms with Crippen molar-refractivity contribution in [1.82, 2.24) is 10.2 Å². The highest BCUT2D eigenvalue weighted by Gasteiger charge is 2.06. The first-order valence-corrected chi connectivity index (χ1v) is 8.73. The van der Waals surface area contributed by atoms with Crippen molar-refractivity contribution in [3.8, 4) is 28.3 Å². The number of carbonyl (C=O) groups is 1. The number of rotatable bonds is 6. The van der Waals surface area contributed by atoms with Crippen LogP contribution in [0.3, 0.4) is 0 Å². The normalized spacial score (nSPS) is 10.4. The lowest BCUT2D eigenvalue weighted by Gasteiger charge is -2.09. The number of nitrogens with one attached hydrogen (secondary N) is 1. The molecule has 6 nitrogen and oxygen atoms in total. The minimum Gasteiger partial charge on any atom is -0.484 e. The predicted molar refractivity (Wildman–Crippen MR) is 106 cm³/mol. The Morgan fingerprint density at radius 3 is 2.21 bits per heavy atom. The van der Waals surface area contributed by atoms with E-state index in [9.17, 15) is 4.79 Å².